The van der Waals surface area contributed by atoms with Gasteiger partial charge in [-0.15, -0.1) is 0 Å². The summed E-state index contributed by atoms with van der Waals surface area (Å²) < 4.78 is 0. The fourth-order valence-corrected chi connectivity index (χ4v) is 2.08. The molecule has 0 aliphatic carbocycles. The maximum Gasteiger partial charge on any atom is 0.137 e. The van der Waals surface area contributed by atoms with Crippen LogP contribution in [0.2, 0.25) is 5.15 Å². The molecule has 1 aromatic rings. The zero-order chi connectivity index (χ0) is 13.9. The lowest BCUT2D eigenvalue weighted by Gasteiger charge is -2.31. The maximum atomic E-state index is 6.21. The summed E-state index contributed by atoms with van der Waals surface area (Å²) in [6, 6.07) is 0.404. The van der Waals surface area contributed by atoms with E-state index in [0.717, 1.165) is 30.2 Å². The molecule has 4 heteroatoms. The minimum absolute atomic E-state index is 0.404. The molecule has 0 spiro atoms. The van der Waals surface area contributed by atoms with Gasteiger partial charge in [-0.05, 0) is 26.7 Å². The molecule has 0 aliphatic rings. The predicted molar refractivity (Wildman–Crippen MR) is 78.5 cm³/mol. The summed E-state index contributed by atoms with van der Waals surface area (Å²) in [6.45, 7) is 13.8. The first-order valence-electron chi connectivity index (χ1n) is 6.66. The number of aryl methyl sites for hydroxylation is 1. The Labute approximate surface area is 116 Å². The second kappa shape index (κ2) is 6.37. The second-order valence-electron chi connectivity index (χ2n) is 5.37. The van der Waals surface area contributed by atoms with E-state index >= 15 is 0 Å². The van der Waals surface area contributed by atoms with Crippen molar-refractivity contribution in [3.05, 3.63) is 16.5 Å². The van der Waals surface area contributed by atoms with Crippen LogP contribution in [0.15, 0.2) is 0 Å². The molecule has 0 unspecified atom stereocenters. The van der Waals surface area contributed by atoms with Gasteiger partial charge < -0.3 is 4.90 Å². The van der Waals surface area contributed by atoms with Gasteiger partial charge in [-0.2, -0.15) is 0 Å². The molecule has 0 saturated carbocycles. The summed E-state index contributed by atoms with van der Waals surface area (Å²) >= 11 is 6.21. The molecule has 102 valence electrons. The average Bonchev–Trinajstić information content (AvgIpc) is 2.29. The highest BCUT2D eigenvalue weighted by molar-refractivity contribution is 6.30. The van der Waals surface area contributed by atoms with E-state index in [1.807, 2.05) is 13.8 Å². The third-order valence-electron chi connectivity index (χ3n) is 2.88. The van der Waals surface area contributed by atoms with Crippen LogP contribution in [0.4, 0.5) is 5.82 Å². The van der Waals surface area contributed by atoms with E-state index in [1.165, 1.54) is 0 Å². The molecular weight excluding hydrogens is 246 g/mol. The van der Waals surface area contributed by atoms with Crippen LogP contribution >= 0.6 is 11.6 Å². The Hall–Kier alpha value is -0.830. The van der Waals surface area contributed by atoms with Gasteiger partial charge in [0.05, 0.1) is 0 Å². The Morgan fingerprint density at radius 1 is 1.17 bits per heavy atom. The quantitative estimate of drug-likeness (QED) is 0.760. The summed E-state index contributed by atoms with van der Waals surface area (Å²) in [6.07, 6.45) is 0.806. The molecule has 0 N–H and O–H groups in total. The number of nitrogens with zero attached hydrogens (tertiary/aromatic N) is 3. The Morgan fingerprint density at radius 3 is 2.22 bits per heavy atom. The third kappa shape index (κ3) is 3.58. The monoisotopic (exact) mass is 269 g/mol. The molecule has 0 bridgehead atoms. The fourth-order valence-electron chi connectivity index (χ4n) is 1.89. The molecule has 0 saturated heterocycles. The van der Waals surface area contributed by atoms with Crippen molar-refractivity contribution in [1.29, 1.82) is 0 Å². The van der Waals surface area contributed by atoms with Gasteiger partial charge in [0.1, 0.15) is 16.8 Å². The van der Waals surface area contributed by atoms with Gasteiger partial charge in [-0.1, -0.05) is 32.4 Å². The minimum atomic E-state index is 0.404. The smallest absolute Gasteiger partial charge is 0.137 e. The van der Waals surface area contributed by atoms with E-state index in [2.05, 4.69) is 42.6 Å². The highest BCUT2D eigenvalue weighted by Gasteiger charge is 2.18. The van der Waals surface area contributed by atoms with Crippen LogP contribution in [-0.4, -0.2) is 22.6 Å². The van der Waals surface area contributed by atoms with Gasteiger partial charge in [0.2, 0.25) is 0 Å². The summed E-state index contributed by atoms with van der Waals surface area (Å²) in [5.41, 5.74) is 0.975. The molecule has 3 nitrogen and oxygen atoms in total. The highest BCUT2D eigenvalue weighted by Crippen LogP contribution is 2.26. The topological polar surface area (TPSA) is 29.0 Å². The summed E-state index contributed by atoms with van der Waals surface area (Å²) in [7, 11) is 0. The Bertz CT molecular complexity index is 402. The van der Waals surface area contributed by atoms with Crippen molar-refractivity contribution in [2.45, 2.75) is 54.0 Å². The predicted octanol–water partition coefficient (Wildman–Crippen LogP) is 3.87. The number of halogens is 1. The first-order valence-corrected chi connectivity index (χ1v) is 7.04. The van der Waals surface area contributed by atoms with Crippen molar-refractivity contribution in [3.63, 3.8) is 0 Å². The van der Waals surface area contributed by atoms with Crippen molar-refractivity contribution in [2.75, 3.05) is 11.4 Å². The van der Waals surface area contributed by atoms with Crippen LogP contribution in [0.5, 0.6) is 0 Å². The zero-order valence-electron chi connectivity index (χ0n) is 12.3. The van der Waals surface area contributed by atoms with Crippen LogP contribution in [0, 0.1) is 12.8 Å². The molecule has 0 fully saturated rings. The van der Waals surface area contributed by atoms with E-state index in [-0.39, 0.29) is 0 Å². The number of anilines is 1. The van der Waals surface area contributed by atoms with Crippen molar-refractivity contribution in [1.82, 2.24) is 9.97 Å². The summed E-state index contributed by atoms with van der Waals surface area (Å²) in [5, 5.41) is 0.575. The molecule has 1 rings (SSSR count). The van der Waals surface area contributed by atoms with Crippen LogP contribution in [0.25, 0.3) is 0 Å². The molecule has 0 aromatic carbocycles. The van der Waals surface area contributed by atoms with Crippen LogP contribution in [0.1, 0.15) is 46.0 Å². The van der Waals surface area contributed by atoms with E-state index in [0.29, 0.717) is 17.1 Å². The van der Waals surface area contributed by atoms with Gasteiger partial charge >= 0.3 is 0 Å². The van der Waals surface area contributed by atoms with Gasteiger partial charge in [0.15, 0.2) is 0 Å². The number of hydrogen-bond donors (Lipinski definition) is 0. The van der Waals surface area contributed by atoms with E-state index in [4.69, 9.17) is 11.6 Å². The number of aromatic nitrogens is 2. The first-order chi connectivity index (χ1) is 8.36. The highest BCUT2D eigenvalue weighted by atomic mass is 35.5. The largest absolute Gasteiger partial charge is 0.354 e. The average molecular weight is 270 g/mol. The normalized spacial score (nSPS) is 11.4. The van der Waals surface area contributed by atoms with Crippen molar-refractivity contribution >= 4 is 17.4 Å². The zero-order valence-corrected chi connectivity index (χ0v) is 13.0. The van der Waals surface area contributed by atoms with E-state index < -0.39 is 0 Å². The lowest BCUT2D eigenvalue weighted by molar-refractivity contribution is 0.563. The Kier molecular flexibility index (Phi) is 5.39. The lowest BCUT2D eigenvalue weighted by Crippen LogP contribution is -2.35. The molecule has 18 heavy (non-hydrogen) atoms. The van der Waals surface area contributed by atoms with Crippen LogP contribution < -0.4 is 4.90 Å². The minimum Gasteiger partial charge on any atom is -0.354 e. The molecule has 0 aliphatic heterocycles. The molecule has 1 heterocycles. The van der Waals surface area contributed by atoms with Gasteiger partial charge in [-0.25, -0.2) is 9.97 Å². The third-order valence-corrected chi connectivity index (χ3v) is 3.25. The van der Waals surface area contributed by atoms with Crippen molar-refractivity contribution < 1.29 is 0 Å². The molecule has 1 aromatic heterocycles. The van der Waals surface area contributed by atoms with Crippen molar-refractivity contribution in [2.24, 2.45) is 5.92 Å². The van der Waals surface area contributed by atoms with E-state index in [9.17, 15) is 0 Å². The Morgan fingerprint density at radius 2 is 1.78 bits per heavy atom. The van der Waals surface area contributed by atoms with Crippen LogP contribution in [0.3, 0.4) is 0 Å². The first kappa shape index (κ1) is 15.2. The molecule has 0 radical (unpaired) electrons. The number of hydrogen-bond acceptors (Lipinski definition) is 3. The van der Waals surface area contributed by atoms with Crippen molar-refractivity contribution in [3.8, 4) is 0 Å². The fraction of sp³-hybridized carbons (Fsp3) is 0.714. The van der Waals surface area contributed by atoms with Gasteiger partial charge in [0, 0.05) is 24.6 Å². The van der Waals surface area contributed by atoms with Gasteiger partial charge in [0.25, 0.3) is 0 Å². The maximum absolute atomic E-state index is 6.21. The van der Waals surface area contributed by atoms with Crippen LogP contribution in [-0.2, 0) is 6.42 Å². The molecular formula is C14H24ClN3. The molecule has 0 amide bonds. The molecule has 0 atom stereocenters. The van der Waals surface area contributed by atoms with E-state index in [1.54, 1.807) is 0 Å². The standard InChI is InChI=1S/C14H24ClN3/c1-7-12-16-13(15)11(6)14(17-12)18(10(4)5)8-9(2)3/h9-10H,7-8H2,1-6H3. The summed E-state index contributed by atoms with van der Waals surface area (Å²) in [5.74, 6) is 2.39. The second-order valence-corrected chi connectivity index (χ2v) is 5.73. The number of rotatable bonds is 5. The lowest BCUT2D eigenvalue weighted by atomic mass is 10.1. The van der Waals surface area contributed by atoms with Gasteiger partial charge in [-0.3, -0.25) is 0 Å². The SMILES string of the molecule is CCc1nc(Cl)c(C)c(N(CC(C)C)C(C)C)n1. The summed E-state index contributed by atoms with van der Waals surface area (Å²) in [4.78, 5) is 11.3. The Balaban J connectivity index is 3.22.